The Hall–Kier alpha value is -1.01. The highest BCUT2D eigenvalue weighted by atomic mass is 19.1. The van der Waals surface area contributed by atoms with Crippen molar-refractivity contribution in [1.29, 1.82) is 0 Å². The molecule has 2 N–H and O–H groups in total. The van der Waals surface area contributed by atoms with Gasteiger partial charge in [0.2, 0.25) is 0 Å². The highest BCUT2D eigenvalue weighted by Gasteiger charge is 2.22. The molecule has 0 aliphatic heterocycles. The lowest BCUT2D eigenvalue weighted by Gasteiger charge is -2.30. The topological polar surface area (TPSA) is 44.7 Å². The molecule has 0 spiro atoms. The fourth-order valence-electron chi connectivity index (χ4n) is 2.64. The number of halogens is 1. The molecule has 1 aromatic rings. The molecule has 0 aliphatic carbocycles. The fourth-order valence-corrected chi connectivity index (χ4v) is 2.64. The predicted octanol–water partition coefficient (Wildman–Crippen LogP) is 1.66. The number of aliphatic hydroxyl groups excluding tert-OH is 1. The molecule has 0 aromatic heterocycles. The molecule has 1 aromatic carbocycles. The Morgan fingerprint density at radius 2 is 2.05 bits per heavy atom. The molecule has 4 nitrogen and oxygen atoms in total. The summed E-state index contributed by atoms with van der Waals surface area (Å²) in [6.07, 6.45) is 0. The fraction of sp³-hybridized carbons (Fsp3) is 0.625. The summed E-state index contributed by atoms with van der Waals surface area (Å²) in [5.41, 5.74) is 0.684. The number of ether oxygens (including phenoxy) is 1. The number of benzene rings is 1. The molecule has 0 bridgehead atoms. The SMILES string of the molecule is CNC(c1ccccc1F)C(C)CN(CCO)CCOC. The maximum atomic E-state index is 14.0. The van der Waals surface area contributed by atoms with Gasteiger partial charge in [0.05, 0.1) is 13.2 Å². The molecule has 2 unspecified atom stereocenters. The second-order valence-corrected chi connectivity index (χ2v) is 5.28. The van der Waals surface area contributed by atoms with Gasteiger partial charge in [-0.3, -0.25) is 4.90 Å². The van der Waals surface area contributed by atoms with E-state index in [9.17, 15) is 4.39 Å². The van der Waals surface area contributed by atoms with Crippen LogP contribution < -0.4 is 5.32 Å². The zero-order valence-corrected chi connectivity index (χ0v) is 13.2. The van der Waals surface area contributed by atoms with E-state index in [-0.39, 0.29) is 24.4 Å². The van der Waals surface area contributed by atoms with Gasteiger partial charge in [-0.15, -0.1) is 0 Å². The van der Waals surface area contributed by atoms with E-state index in [2.05, 4.69) is 17.1 Å². The highest BCUT2D eigenvalue weighted by molar-refractivity contribution is 5.21. The van der Waals surface area contributed by atoms with Gasteiger partial charge in [0.25, 0.3) is 0 Å². The lowest BCUT2D eigenvalue weighted by molar-refractivity contribution is 0.115. The molecule has 120 valence electrons. The van der Waals surface area contributed by atoms with Crippen molar-refractivity contribution in [3.63, 3.8) is 0 Å². The second-order valence-electron chi connectivity index (χ2n) is 5.28. The summed E-state index contributed by atoms with van der Waals surface area (Å²) >= 11 is 0. The lowest BCUT2D eigenvalue weighted by Crippen LogP contribution is -2.38. The van der Waals surface area contributed by atoms with Crippen LogP contribution in [0.15, 0.2) is 24.3 Å². The van der Waals surface area contributed by atoms with Crippen LogP contribution in [0.4, 0.5) is 4.39 Å². The molecule has 0 saturated heterocycles. The Balaban J connectivity index is 2.73. The van der Waals surface area contributed by atoms with Crippen LogP contribution in [0.3, 0.4) is 0 Å². The van der Waals surface area contributed by atoms with E-state index < -0.39 is 0 Å². The molecule has 0 heterocycles. The largest absolute Gasteiger partial charge is 0.395 e. The number of methoxy groups -OCH3 is 1. The smallest absolute Gasteiger partial charge is 0.127 e. The van der Waals surface area contributed by atoms with Gasteiger partial charge < -0.3 is 15.2 Å². The monoisotopic (exact) mass is 298 g/mol. The van der Waals surface area contributed by atoms with Crippen LogP contribution in [0, 0.1) is 11.7 Å². The van der Waals surface area contributed by atoms with Crippen LogP contribution in [0.2, 0.25) is 0 Å². The Bertz CT molecular complexity index is 404. The summed E-state index contributed by atoms with van der Waals surface area (Å²) < 4.78 is 19.1. The number of aliphatic hydroxyl groups is 1. The van der Waals surface area contributed by atoms with Gasteiger partial charge in [-0.25, -0.2) is 4.39 Å². The molecule has 0 aliphatic rings. The van der Waals surface area contributed by atoms with Crippen molar-refractivity contribution < 1.29 is 14.2 Å². The molecule has 0 saturated carbocycles. The van der Waals surface area contributed by atoms with E-state index in [4.69, 9.17) is 9.84 Å². The molecule has 1 rings (SSSR count). The number of hydrogen-bond acceptors (Lipinski definition) is 4. The molecule has 5 heteroatoms. The predicted molar refractivity (Wildman–Crippen MR) is 82.8 cm³/mol. The van der Waals surface area contributed by atoms with Gasteiger partial charge in [0.1, 0.15) is 5.82 Å². The molecular weight excluding hydrogens is 271 g/mol. The number of hydrogen-bond donors (Lipinski definition) is 2. The normalized spacial score (nSPS) is 14.4. The quantitative estimate of drug-likeness (QED) is 0.689. The third kappa shape index (κ3) is 5.71. The number of rotatable bonds is 10. The minimum absolute atomic E-state index is 0.0602. The average molecular weight is 298 g/mol. The third-order valence-electron chi connectivity index (χ3n) is 3.69. The zero-order chi connectivity index (χ0) is 15.7. The van der Waals surface area contributed by atoms with Crippen LogP contribution in [-0.4, -0.2) is 57.0 Å². The second kappa shape index (κ2) is 9.84. The van der Waals surface area contributed by atoms with Crippen molar-refractivity contribution >= 4 is 0 Å². The van der Waals surface area contributed by atoms with Crippen molar-refractivity contribution in [2.45, 2.75) is 13.0 Å². The Labute approximate surface area is 126 Å². The number of nitrogens with one attached hydrogen (secondary N) is 1. The van der Waals surface area contributed by atoms with Crippen LogP contribution in [-0.2, 0) is 4.74 Å². The maximum Gasteiger partial charge on any atom is 0.127 e. The van der Waals surface area contributed by atoms with E-state index >= 15 is 0 Å². The summed E-state index contributed by atoms with van der Waals surface area (Å²) in [6, 6.07) is 6.80. The summed E-state index contributed by atoms with van der Waals surface area (Å²) in [5, 5.41) is 12.3. The molecule has 2 atom stereocenters. The van der Waals surface area contributed by atoms with Crippen molar-refractivity contribution in [2.75, 3.05) is 47.0 Å². The van der Waals surface area contributed by atoms with E-state index in [0.29, 0.717) is 18.7 Å². The first kappa shape index (κ1) is 18.0. The summed E-state index contributed by atoms with van der Waals surface area (Å²) in [7, 11) is 3.51. The minimum Gasteiger partial charge on any atom is -0.395 e. The van der Waals surface area contributed by atoms with Crippen molar-refractivity contribution in [3.05, 3.63) is 35.6 Å². The van der Waals surface area contributed by atoms with Gasteiger partial charge in [-0.2, -0.15) is 0 Å². The molecule has 21 heavy (non-hydrogen) atoms. The van der Waals surface area contributed by atoms with Gasteiger partial charge in [0, 0.05) is 38.3 Å². The van der Waals surface area contributed by atoms with Crippen LogP contribution in [0.1, 0.15) is 18.5 Å². The van der Waals surface area contributed by atoms with Crippen LogP contribution in [0.25, 0.3) is 0 Å². The third-order valence-corrected chi connectivity index (χ3v) is 3.69. The van der Waals surface area contributed by atoms with Crippen LogP contribution in [0.5, 0.6) is 0 Å². The van der Waals surface area contributed by atoms with E-state index in [1.165, 1.54) is 6.07 Å². The lowest BCUT2D eigenvalue weighted by atomic mass is 9.93. The van der Waals surface area contributed by atoms with Crippen molar-refractivity contribution in [2.24, 2.45) is 5.92 Å². The van der Waals surface area contributed by atoms with Gasteiger partial charge >= 0.3 is 0 Å². The first-order valence-electron chi connectivity index (χ1n) is 7.37. The summed E-state index contributed by atoms with van der Waals surface area (Å²) in [5.74, 6) is 0.0182. The van der Waals surface area contributed by atoms with Crippen molar-refractivity contribution in [3.8, 4) is 0 Å². The highest BCUT2D eigenvalue weighted by Crippen LogP contribution is 2.24. The summed E-state index contributed by atoms with van der Waals surface area (Å²) in [6.45, 7) is 4.95. The van der Waals surface area contributed by atoms with E-state index in [1.807, 2.05) is 19.2 Å². The van der Waals surface area contributed by atoms with Gasteiger partial charge in [0.15, 0.2) is 0 Å². The summed E-state index contributed by atoms with van der Waals surface area (Å²) in [4.78, 5) is 2.14. The first-order chi connectivity index (χ1) is 10.1. The minimum atomic E-state index is -0.186. The van der Waals surface area contributed by atoms with Gasteiger partial charge in [-0.1, -0.05) is 25.1 Å². The van der Waals surface area contributed by atoms with Crippen molar-refractivity contribution in [1.82, 2.24) is 10.2 Å². The molecule has 0 radical (unpaired) electrons. The zero-order valence-electron chi connectivity index (χ0n) is 13.2. The maximum absolute atomic E-state index is 14.0. The van der Waals surface area contributed by atoms with E-state index in [1.54, 1.807) is 13.2 Å². The molecular formula is C16H27FN2O2. The van der Waals surface area contributed by atoms with Crippen LogP contribution >= 0.6 is 0 Å². The Morgan fingerprint density at radius 3 is 2.62 bits per heavy atom. The Kier molecular flexibility index (Phi) is 8.45. The standard InChI is InChI=1S/C16H27FN2O2/c1-13(12-19(8-10-20)9-11-21-3)16(18-2)14-6-4-5-7-15(14)17/h4-7,13,16,18,20H,8-12H2,1-3H3. The van der Waals surface area contributed by atoms with E-state index in [0.717, 1.165) is 13.1 Å². The van der Waals surface area contributed by atoms with Gasteiger partial charge in [-0.05, 0) is 19.0 Å². The first-order valence-corrected chi connectivity index (χ1v) is 7.37. The molecule has 0 amide bonds. The number of nitrogens with zero attached hydrogens (tertiary/aromatic N) is 1. The average Bonchev–Trinajstić information content (AvgIpc) is 2.47. The molecule has 0 fully saturated rings. The Morgan fingerprint density at radius 1 is 1.33 bits per heavy atom.